The molecule has 0 atom stereocenters. The molecular formula is C18H19N5O3S. The number of allylic oxidation sites excluding steroid dienone is 1. The van der Waals surface area contributed by atoms with Gasteiger partial charge in [0.2, 0.25) is 0 Å². The normalized spacial score (nSPS) is 15.1. The van der Waals surface area contributed by atoms with Gasteiger partial charge >= 0.3 is 0 Å². The van der Waals surface area contributed by atoms with Gasteiger partial charge in [-0.05, 0) is 32.2 Å². The maximum Gasteiger partial charge on any atom is 0.278 e. The first-order chi connectivity index (χ1) is 12.9. The molecule has 3 aromatic rings. The van der Waals surface area contributed by atoms with Crippen molar-refractivity contribution < 1.29 is 9.47 Å². The van der Waals surface area contributed by atoms with Crippen LogP contribution in [0.4, 0.5) is 0 Å². The summed E-state index contributed by atoms with van der Waals surface area (Å²) >= 11 is 1.41. The van der Waals surface area contributed by atoms with Crippen molar-refractivity contribution in [1.29, 1.82) is 0 Å². The standard InChI is InChI=1S/C18H19N5O3S/c1-5-8-22-16(24)11-9-19-17(27-4)21-14(11)23(22)13-7-6-12-15(20-13)26-18(2,3)10-25-12/h5-7,9H,1,8,10H2,2-4H3. The average Bonchev–Trinajstić information content (AvgIpc) is 2.92. The van der Waals surface area contributed by atoms with Gasteiger partial charge in [0, 0.05) is 6.20 Å². The molecule has 4 rings (SSSR count). The van der Waals surface area contributed by atoms with E-state index in [1.54, 1.807) is 29.1 Å². The van der Waals surface area contributed by atoms with E-state index in [4.69, 9.17) is 9.47 Å². The lowest BCUT2D eigenvalue weighted by Gasteiger charge is -2.31. The number of fused-ring (bicyclic) bond motifs is 2. The average molecular weight is 385 g/mol. The van der Waals surface area contributed by atoms with Gasteiger partial charge in [0.25, 0.3) is 11.4 Å². The molecule has 140 valence electrons. The van der Waals surface area contributed by atoms with Crippen molar-refractivity contribution in [2.24, 2.45) is 0 Å². The zero-order valence-electron chi connectivity index (χ0n) is 15.3. The molecule has 0 spiro atoms. The van der Waals surface area contributed by atoms with Crippen LogP contribution in [0.25, 0.3) is 16.9 Å². The van der Waals surface area contributed by atoms with Crippen LogP contribution in [0, 0.1) is 0 Å². The molecule has 1 aliphatic heterocycles. The Balaban J connectivity index is 1.96. The third-order valence-electron chi connectivity index (χ3n) is 4.11. The Morgan fingerprint density at radius 1 is 1.37 bits per heavy atom. The molecule has 4 heterocycles. The van der Waals surface area contributed by atoms with Gasteiger partial charge in [-0.2, -0.15) is 4.98 Å². The molecule has 0 aliphatic carbocycles. The Hall–Kier alpha value is -2.81. The van der Waals surface area contributed by atoms with Gasteiger partial charge in [-0.25, -0.2) is 19.3 Å². The lowest BCUT2D eigenvalue weighted by molar-refractivity contribution is 0.0161. The number of rotatable bonds is 4. The van der Waals surface area contributed by atoms with Crippen molar-refractivity contribution in [3.63, 3.8) is 0 Å². The van der Waals surface area contributed by atoms with Gasteiger partial charge in [0.15, 0.2) is 22.4 Å². The number of nitrogens with zero attached hydrogens (tertiary/aromatic N) is 5. The molecule has 0 bridgehead atoms. The van der Waals surface area contributed by atoms with Gasteiger partial charge < -0.3 is 9.47 Å². The Labute approximate surface area is 159 Å². The largest absolute Gasteiger partial charge is 0.484 e. The van der Waals surface area contributed by atoms with Crippen molar-refractivity contribution in [3.8, 4) is 17.4 Å². The first-order valence-corrected chi connectivity index (χ1v) is 9.62. The second-order valence-corrected chi connectivity index (χ2v) is 7.48. The van der Waals surface area contributed by atoms with Crippen molar-refractivity contribution >= 4 is 22.8 Å². The van der Waals surface area contributed by atoms with Gasteiger partial charge in [-0.3, -0.25) is 4.79 Å². The Morgan fingerprint density at radius 2 is 2.19 bits per heavy atom. The van der Waals surface area contributed by atoms with E-state index in [-0.39, 0.29) is 5.56 Å². The van der Waals surface area contributed by atoms with E-state index in [9.17, 15) is 4.79 Å². The molecular weight excluding hydrogens is 366 g/mol. The zero-order valence-corrected chi connectivity index (χ0v) is 16.1. The van der Waals surface area contributed by atoms with Crippen molar-refractivity contribution in [3.05, 3.63) is 41.3 Å². The zero-order chi connectivity index (χ0) is 19.2. The minimum absolute atomic E-state index is 0.199. The number of hydrogen-bond donors (Lipinski definition) is 0. The second-order valence-electron chi connectivity index (χ2n) is 6.70. The summed E-state index contributed by atoms with van der Waals surface area (Å²) in [6, 6.07) is 3.57. The predicted molar refractivity (Wildman–Crippen MR) is 103 cm³/mol. The van der Waals surface area contributed by atoms with Crippen molar-refractivity contribution in [2.45, 2.75) is 31.1 Å². The summed E-state index contributed by atoms with van der Waals surface area (Å²) in [5.41, 5.74) is -0.189. The molecule has 0 aromatic carbocycles. The number of hydrogen-bond acceptors (Lipinski definition) is 7. The molecule has 0 saturated heterocycles. The molecule has 0 fully saturated rings. The summed E-state index contributed by atoms with van der Waals surface area (Å²) in [5.74, 6) is 1.48. The Kier molecular flexibility index (Phi) is 4.18. The third kappa shape index (κ3) is 2.97. The highest BCUT2D eigenvalue weighted by Crippen LogP contribution is 2.34. The first kappa shape index (κ1) is 17.6. The number of aromatic nitrogens is 5. The highest BCUT2D eigenvalue weighted by atomic mass is 32.2. The van der Waals surface area contributed by atoms with Crippen LogP contribution in [0.1, 0.15) is 13.8 Å². The van der Waals surface area contributed by atoms with Crippen molar-refractivity contribution in [2.75, 3.05) is 12.9 Å². The monoisotopic (exact) mass is 385 g/mol. The highest BCUT2D eigenvalue weighted by Gasteiger charge is 2.30. The molecule has 0 amide bonds. The summed E-state index contributed by atoms with van der Waals surface area (Å²) in [6.45, 7) is 8.36. The molecule has 8 nitrogen and oxygen atoms in total. The fourth-order valence-electron chi connectivity index (χ4n) is 2.89. The van der Waals surface area contributed by atoms with E-state index in [2.05, 4.69) is 21.5 Å². The first-order valence-electron chi connectivity index (χ1n) is 8.40. The topological polar surface area (TPSA) is 84.1 Å². The van der Waals surface area contributed by atoms with E-state index in [1.165, 1.54) is 16.4 Å². The number of pyridine rings is 1. The van der Waals surface area contributed by atoms with Gasteiger partial charge in [-0.1, -0.05) is 17.8 Å². The molecule has 9 heteroatoms. The fourth-order valence-corrected chi connectivity index (χ4v) is 3.23. The van der Waals surface area contributed by atoms with Crippen LogP contribution < -0.4 is 15.0 Å². The molecule has 0 N–H and O–H groups in total. The SMILES string of the molecule is C=CCn1c(=O)c2cnc(SC)nc2n1-c1ccc2c(n1)OC(C)(C)CO2. The molecule has 1 aliphatic rings. The maximum atomic E-state index is 12.8. The quantitative estimate of drug-likeness (QED) is 0.387. The van der Waals surface area contributed by atoms with Crippen LogP contribution in [0.5, 0.6) is 11.6 Å². The van der Waals surface area contributed by atoms with Crippen LogP contribution in [0.2, 0.25) is 0 Å². The van der Waals surface area contributed by atoms with E-state index >= 15 is 0 Å². The lowest BCUT2D eigenvalue weighted by atomic mass is 10.1. The smallest absolute Gasteiger partial charge is 0.278 e. The maximum absolute atomic E-state index is 12.8. The summed E-state index contributed by atoms with van der Waals surface area (Å²) in [4.78, 5) is 26.2. The van der Waals surface area contributed by atoms with Crippen LogP contribution in [0.3, 0.4) is 0 Å². The fraction of sp³-hybridized carbons (Fsp3) is 0.333. The summed E-state index contributed by atoms with van der Waals surface area (Å²) in [7, 11) is 0. The lowest BCUT2D eigenvalue weighted by Crippen LogP contribution is -2.39. The molecule has 3 aromatic heterocycles. The predicted octanol–water partition coefficient (Wildman–Crippen LogP) is 2.43. The number of ether oxygens (including phenoxy) is 2. The molecule has 0 saturated carbocycles. The van der Waals surface area contributed by atoms with Crippen LogP contribution in [-0.2, 0) is 6.54 Å². The van der Waals surface area contributed by atoms with Gasteiger partial charge in [0.1, 0.15) is 17.6 Å². The summed E-state index contributed by atoms with van der Waals surface area (Å²) in [5, 5.41) is 0.998. The summed E-state index contributed by atoms with van der Waals surface area (Å²) in [6.07, 6.45) is 5.09. The molecule has 0 unspecified atom stereocenters. The Bertz CT molecular complexity index is 1100. The Morgan fingerprint density at radius 3 is 2.93 bits per heavy atom. The van der Waals surface area contributed by atoms with E-state index in [1.807, 2.05) is 20.1 Å². The van der Waals surface area contributed by atoms with Crippen LogP contribution in [-0.4, -0.2) is 42.8 Å². The van der Waals surface area contributed by atoms with E-state index in [0.29, 0.717) is 46.8 Å². The van der Waals surface area contributed by atoms with Gasteiger partial charge in [-0.15, -0.1) is 6.58 Å². The number of thioether (sulfide) groups is 1. The van der Waals surface area contributed by atoms with Crippen LogP contribution in [0.15, 0.2) is 40.9 Å². The minimum Gasteiger partial charge on any atom is -0.484 e. The van der Waals surface area contributed by atoms with Crippen LogP contribution >= 0.6 is 11.8 Å². The third-order valence-corrected chi connectivity index (χ3v) is 4.68. The van der Waals surface area contributed by atoms with E-state index in [0.717, 1.165) is 0 Å². The minimum atomic E-state index is -0.480. The van der Waals surface area contributed by atoms with Gasteiger partial charge in [0.05, 0.1) is 6.54 Å². The highest BCUT2D eigenvalue weighted by molar-refractivity contribution is 7.98. The summed E-state index contributed by atoms with van der Waals surface area (Å²) < 4.78 is 14.9. The molecule has 0 radical (unpaired) electrons. The van der Waals surface area contributed by atoms with E-state index < -0.39 is 5.60 Å². The second kappa shape index (κ2) is 6.41. The molecule has 27 heavy (non-hydrogen) atoms. The van der Waals surface area contributed by atoms with Crippen molar-refractivity contribution in [1.82, 2.24) is 24.3 Å².